The predicted octanol–water partition coefficient (Wildman–Crippen LogP) is 1.11. The summed E-state index contributed by atoms with van der Waals surface area (Å²) < 4.78 is 0.846. The zero-order valence-corrected chi connectivity index (χ0v) is 7.97. The highest BCUT2D eigenvalue weighted by atomic mass is 79.9. The van der Waals surface area contributed by atoms with Gasteiger partial charge in [-0.05, 0) is 22.0 Å². The fraction of sp³-hybridized carbons (Fsp3) is 0.125. The Labute approximate surface area is 78.4 Å². The average molecular weight is 229 g/mol. The first-order valence-corrected chi connectivity index (χ1v) is 4.28. The molecule has 0 aromatic carbocycles. The lowest BCUT2D eigenvalue weighted by molar-refractivity contribution is 1.21. The van der Waals surface area contributed by atoms with Gasteiger partial charge in [0.2, 0.25) is 0 Å². The molecule has 0 amide bonds. The van der Waals surface area contributed by atoms with Crippen molar-refractivity contribution in [2.24, 2.45) is 5.73 Å². The van der Waals surface area contributed by atoms with E-state index in [1.165, 1.54) is 0 Å². The average Bonchev–Trinajstić information content (AvgIpc) is 2.07. The van der Waals surface area contributed by atoms with E-state index in [0.717, 1.165) is 4.47 Å². The maximum atomic E-state index is 11.1. The summed E-state index contributed by atoms with van der Waals surface area (Å²) in [5.41, 5.74) is 5.75. The molecule has 1 heterocycles. The second-order valence-corrected chi connectivity index (χ2v) is 3.16. The molecule has 0 aliphatic heterocycles. The zero-order chi connectivity index (χ0) is 8.97. The van der Waals surface area contributed by atoms with Crippen LogP contribution in [-0.4, -0.2) is 11.5 Å². The molecule has 0 saturated carbocycles. The minimum Gasteiger partial charge on any atom is -0.327 e. The fourth-order valence-electron chi connectivity index (χ4n) is 0.792. The van der Waals surface area contributed by atoms with E-state index in [9.17, 15) is 4.79 Å². The summed E-state index contributed by atoms with van der Waals surface area (Å²) in [7, 11) is 0. The van der Waals surface area contributed by atoms with Gasteiger partial charge in [-0.3, -0.25) is 4.79 Å². The largest absolute Gasteiger partial charge is 0.327 e. The molecule has 12 heavy (non-hydrogen) atoms. The summed E-state index contributed by atoms with van der Waals surface area (Å²) in [6.45, 7) is 0.436. The van der Waals surface area contributed by atoms with Gasteiger partial charge in [0.15, 0.2) is 0 Å². The summed E-state index contributed by atoms with van der Waals surface area (Å²) >= 11 is 3.25. The predicted molar refractivity (Wildman–Crippen MR) is 52.9 cm³/mol. The maximum absolute atomic E-state index is 11.1. The SMILES string of the molecule is NCC=Cc1cc(Br)c[nH]c1=O. The zero-order valence-electron chi connectivity index (χ0n) is 6.38. The van der Waals surface area contributed by atoms with Crippen LogP contribution < -0.4 is 11.3 Å². The minimum absolute atomic E-state index is 0.108. The third-order valence-electron chi connectivity index (χ3n) is 1.33. The van der Waals surface area contributed by atoms with Crippen molar-refractivity contribution in [1.82, 2.24) is 4.98 Å². The van der Waals surface area contributed by atoms with Gasteiger partial charge in [0.1, 0.15) is 0 Å². The third-order valence-corrected chi connectivity index (χ3v) is 1.79. The quantitative estimate of drug-likeness (QED) is 0.797. The molecular weight excluding hydrogens is 220 g/mol. The van der Waals surface area contributed by atoms with Gasteiger partial charge < -0.3 is 10.7 Å². The monoisotopic (exact) mass is 228 g/mol. The van der Waals surface area contributed by atoms with Crippen LogP contribution in [0, 0.1) is 0 Å². The van der Waals surface area contributed by atoms with Crippen molar-refractivity contribution >= 4 is 22.0 Å². The van der Waals surface area contributed by atoms with E-state index in [1.54, 1.807) is 24.4 Å². The van der Waals surface area contributed by atoms with Crippen LogP contribution in [-0.2, 0) is 0 Å². The second kappa shape index (κ2) is 4.23. The van der Waals surface area contributed by atoms with Crippen LogP contribution in [0.25, 0.3) is 6.08 Å². The molecule has 0 spiro atoms. The van der Waals surface area contributed by atoms with Gasteiger partial charge in [0.05, 0.1) is 0 Å². The number of halogens is 1. The molecule has 1 rings (SSSR count). The Bertz CT molecular complexity index is 343. The number of rotatable bonds is 2. The molecule has 0 aliphatic rings. The van der Waals surface area contributed by atoms with E-state index < -0.39 is 0 Å². The normalized spacial score (nSPS) is 10.8. The first kappa shape index (κ1) is 9.22. The highest BCUT2D eigenvalue weighted by Gasteiger charge is 1.94. The number of hydrogen-bond acceptors (Lipinski definition) is 2. The summed E-state index contributed by atoms with van der Waals surface area (Å²) in [4.78, 5) is 13.7. The molecule has 0 fully saturated rings. The Kier molecular flexibility index (Phi) is 3.25. The van der Waals surface area contributed by atoms with E-state index in [0.29, 0.717) is 12.1 Å². The van der Waals surface area contributed by atoms with Gasteiger partial charge in [0, 0.05) is 22.8 Å². The Morgan fingerprint density at radius 1 is 1.67 bits per heavy atom. The van der Waals surface area contributed by atoms with Gasteiger partial charge >= 0.3 is 0 Å². The highest BCUT2D eigenvalue weighted by Crippen LogP contribution is 2.07. The minimum atomic E-state index is -0.108. The van der Waals surface area contributed by atoms with E-state index in [4.69, 9.17) is 5.73 Å². The van der Waals surface area contributed by atoms with Crippen LogP contribution in [0.2, 0.25) is 0 Å². The molecule has 0 unspecified atom stereocenters. The van der Waals surface area contributed by atoms with E-state index in [2.05, 4.69) is 20.9 Å². The van der Waals surface area contributed by atoms with Crippen LogP contribution in [0.3, 0.4) is 0 Å². The smallest absolute Gasteiger partial charge is 0.255 e. The Hall–Kier alpha value is -0.870. The van der Waals surface area contributed by atoms with Crippen molar-refractivity contribution in [2.75, 3.05) is 6.54 Å². The molecule has 3 nitrogen and oxygen atoms in total. The Balaban J connectivity index is 3.06. The van der Waals surface area contributed by atoms with Crippen molar-refractivity contribution in [3.63, 3.8) is 0 Å². The van der Waals surface area contributed by atoms with Crippen molar-refractivity contribution in [3.8, 4) is 0 Å². The van der Waals surface area contributed by atoms with Crippen LogP contribution in [0.1, 0.15) is 5.56 Å². The van der Waals surface area contributed by atoms with Crippen LogP contribution in [0.4, 0.5) is 0 Å². The molecule has 1 aromatic heterocycles. The first-order chi connectivity index (χ1) is 5.74. The van der Waals surface area contributed by atoms with Crippen LogP contribution in [0.5, 0.6) is 0 Å². The molecule has 0 saturated heterocycles. The number of aromatic nitrogens is 1. The topological polar surface area (TPSA) is 58.9 Å². The van der Waals surface area contributed by atoms with Crippen molar-refractivity contribution in [1.29, 1.82) is 0 Å². The van der Waals surface area contributed by atoms with Gasteiger partial charge in [-0.2, -0.15) is 0 Å². The molecule has 0 atom stereocenters. The van der Waals surface area contributed by atoms with Gasteiger partial charge in [-0.25, -0.2) is 0 Å². The van der Waals surface area contributed by atoms with Gasteiger partial charge in [0.25, 0.3) is 5.56 Å². The second-order valence-electron chi connectivity index (χ2n) is 2.24. The number of H-pyrrole nitrogens is 1. The number of hydrogen-bond donors (Lipinski definition) is 2. The molecule has 1 aromatic rings. The lowest BCUT2D eigenvalue weighted by Crippen LogP contribution is -2.07. The van der Waals surface area contributed by atoms with Crippen LogP contribution >= 0.6 is 15.9 Å². The Morgan fingerprint density at radius 2 is 2.42 bits per heavy atom. The molecule has 64 valence electrons. The molecule has 0 radical (unpaired) electrons. The van der Waals surface area contributed by atoms with Crippen molar-refractivity contribution in [3.05, 3.63) is 38.7 Å². The number of nitrogens with two attached hydrogens (primary N) is 1. The number of pyridine rings is 1. The van der Waals surface area contributed by atoms with Gasteiger partial charge in [-0.15, -0.1) is 0 Å². The lowest BCUT2D eigenvalue weighted by atomic mass is 10.2. The molecule has 4 heteroatoms. The van der Waals surface area contributed by atoms with E-state index in [1.807, 2.05) is 0 Å². The summed E-state index contributed by atoms with van der Waals surface area (Å²) in [6, 6.07) is 1.74. The Morgan fingerprint density at radius 3 is 3.08 bits per heavy atom. The number of nitrogens with one attached hydrogen (secondary N) is 1. The first-order valence-electron chi connectivity index (χ1n) is 3.49. The van der Waals surface area contributed by atoms with Gasteiger partial charge in [-0.1, -0.05) is 12.2 Å². The fourth-order valence-corrected chi connectivity index (χ4v) is 1.15. The molecule has 3 N–H and O–H groups in total. The summed E-state index contributed by atoms with van der Waals surface area (Å²) in [5.74, 6) is 0. The molecule has 0 aliphatic carbocycles. The van der Waals surface area contributed by atoms with Crippen LogP contribution in [0.15, 0.2) is 27.6 Å². The summed E-state index contributed by atoms with van der Waals surface area (Å²) in [5, 5.41) is 0. The lowest BCUT2D eigenvalue weighted by Gasteiger charge is -1.92. The standard InChI is InChI=1S/C8H9BrN2O/c9-7-4-6(2-1-3-10)8(12)11-5-7/h1-2,4-5H,3,10H2,(H,11,12). The maximum Gasteiger partial charge on any atom is 0.255 e. The molecular formula is C8H9BrN2O. The van der Waals surface area contributed by atoms with E-state index in [-0.39, 0.29) is 5.56 Å². The highest BCUT2D eigenvalue weighted by molar-refractivity contribution is 9.10. The van der Waals surface area contributed by atoms with E-state index >= 15 is 0 Å². The molecule has 0 bridgehead atoms. The summed E-state index contributed by atoms with van der Waals surface area (Å²) in [6.07, 6.45) is 5.03. The van der Waals surface area contributed by atoms with Crippen molar-refractivity contribution in [2.45, 2.75) is 0 Å². The third kappa shape index (κ3) is 2.32. The number of aromatic amines is 1. The van der Waals surface area contributed by atoms with Crippen molar-refractivity contribution < 1.29 is 0 Å².